The van der Waals surface area contributed by atoms with Gasteiger partial charge < -0.3 is 5.73 Å². The topological polar surface area (TPSA) is 75.6 Å². The summed E-state index contributed by atoms with van der Waals surface area (Å²) in [5, 5.41) is 8.88. The Morgan fingerprint density at radius 1 is 1.28 bits per heavy atom. The molecule has 0 aliphatic heterocycles. The van der Waals surface area contributed by atoms with Crippen molar-refractivity contribution in [2.75, 3.05) is 5.73 Å². The predicted octanol–water partition coefficient (Wildman–Crippen LogP) is 2.35. The van der Waals surface area contributed by atoms with E-state index in [0.29, 0.717) is 22.6 Å². The number of hydrogen-bond donors (Lipinski definition) is 1. The average molecular weight is 242 g/mol. The van der Waals surface area contributed by atoms with E-state index in [-0.39, 0.29) is 17.2 Å². The van der Waals surface area contributed by atoms with E-state index in [1.54, 1.807) is 26.0 Å². The summed E-state index contributed by atoms with van der Waals surface area (Å²) in [4.78, 5) is 8.28. The maximum absolute atomic E-state index is 13.2. The van der Waals surface area contributed by atoms with Crippen molar-refractivity contribution in [1.82, 2.24) is 9.97 Å². The predicted molar refractivity (Wildman–Crippen MR) is 66.0 cm³/mol. The lowest BCUT2D eigenvalue weighted by atomic mass is 10.1. The van der Waals surface area contributed by atoms with Gasteiger partial charge in [-0.25, -0.2) is 14.4 Å². The monoisotopic (exact) mass is 242 g/mol. The molecule has 1 heterocycles. The van der Waals surface area contributed by atoms with Crippen molar-refractivity contribution in [3.8, 4) is 17.5 Å². The second-order valence-corrected chi connectivity index (χ2v) is 3.97. The molecule has 0 radical (unpaired) electrons. The van der Waals surface area contributed by atoms with Crippen LogP contribution in [-0.4, -0.2) is 9.97 Å². The molecule has 1 aromatic heterocycles. The van der Waals surface area contributed by atoms with Crippen molar-refractivity contribution < 1.29 is 4.39 Å². The number of hydrogen-bond acceptors (Lipinski definition) is 4. The van der Waals surface area contributed by atoms with Crippen LogP contribution in [0.3, 0.4) is 0 Å². The molecular formula is C13H11FN4. The van der Waals surface area contributed by atoms with Crippen molar-refractivity contribution in [1.29, 1.82) is 5.26 Å². The molecule has 0 unspecified atom stereocenters. The average Bonchev–Trinajstić information content (AvgIpc) is 2.32. The Balaban J connectivity index is 2.59. The smallest absolute Gasteiger partial charge is 0.161 e. The zero-order valence-corrected chi connectivity index (χ0v) is 10.0. The Hall–Kier alpha value is -2.48. The number of anilines is 1. The van der Waals surface area contributed by atoms with Gasteiger partial charge in [0.2, 0.25) is 0 Å². The number of aromatic nitrogens is 2. The van der Waals surface area contributed by atoms with Crippen LogP contribution < -0.4 is 5.73 Å². The van der Waals surface area contributed by atoms with Gasteiger partial charge in [0.25, 0.3) is 0 Å². The quantitative estimate of drug-likeness (QED) is 0.832. The summed E-state index contributed by atoms with van der Waals surface area (Å²) < 4.78 is 13.2. The summed E-state index contributed by atoms with van der Waals surface area (Å²) in [5.74, 6) is 0.256. The van der Waals surface area contributed by atoms with Gasteiger partial charge in [-0.2, -0.15) is 5.26 Å². The molecule has 90 valence electrons. The molecule has 0 amide bonds. The number of nitrogens with zero attached hydrogens (tertiary/aromatic N) is 3. The summed E-state index contributed by atoms with van der Waals surface area (Å²) in [5.41, 5.74) is 7.67. The summed E-state index contributed by atoms with van der Waals surface area (Å²) in [6, 6.07) is 6.55. The number of nitrogens with two attached hydrogens (primary N) is 1. The van der Waals surface area contributed by atoms with E-state index in [9.17, 15) is 4.39 Å². The van der Waals surface area contributed by atoms with E-state index in [1.807, 2.05) is 6.07 Å². The molecule has 0 spiro atoms. The Labute approximate surface area is 104 Å². The standard InChI is InChI=1S/C13H11FN4/c1-7-5-9(3-4-11(7)14)13-17-8(2)10(6-15)12(16)18-13/h3-5H,1-2H3,(H2,16,17,18). The van der Waals surface area contributed by atoms with Crippen molar-refractivity contribution in [3.63, 3.8) is 0 Å². The van der Waals surface area contributed by atoms with Gasteiger partial charge in [0.1, 0.15) is 23.3 Å². The molecule has 2 aromatic rings. The van der Waals surface area contributed by atoms with Crippen LogP contribution >= 0.6 is 0 Å². The molecule has 0 bridgehead atoms. The summed E-state index contributed by atoms with van der Waals surface area (Å²) in [6.45, 7) is 3.36. The summed E-state index contributed by atoms with van der Waals surface area (Å²) >= 11 is 0. The minimum absolute atomic E-state index is 0.141. The van der Waals surface area contributed by atoms with Gasteiger partial charge in [-0.3, -0.25) is 0 Å². The fourth-order valence-electron chi connectivity index (χ4n) is 1.65. The van der Waals surface area contributed by atoms with Gasteiger partial charge in [0.15, 0.2) is 5.82 Å². The van der Waals surface area contributed by atoms with E-state index < -0.39 is 0 Å². The maximum Gasteiger partial charge on any atom is 0.161 e. The molecule has 0 saturated heterocycles. The van der Waals surface area contributed by atoms with Crippen molar-refractivity contribution >= 4 is 5.82 Å². The van der Waals surface area contributed by atoms with Crippen molar-refractivity contribution in [2.45, 2.75) is 13.8 Å². The maximum atomic E-state index is 13.2. The third-order valence-corrected chi connectivity index (χ3v) is 2.65. The number of benzene rings is 1. The fraction of sp³-hybridized carbons (Fsp3) is 0.154. The number of halogens is 1. The van der Waals surface area contributed by atoms with Gasteiger partial charge in [0, 0.05) is 5.56 Å². The molecule has 0 aliphatic rings. The lowest BCUT2D eigenvalue weighted by Crippen LogP contribution is -2.03. The minimum atomic E-state index is -0.280. The first kappa shape index (κ1) is 12.0. The van der Waals surface area contributed by atoms with Gasteiger partial charge in [-0.1, -0.05) is 0 Å². The van der Waals surface area contributed by atoms with Gasteiger partial charge in [0.05, 0.1) is 5.69 Å². The van der Waals surface area contributed by atoms with Crippen LogP contribution in [-0.2, 0) is 0 Å². The largest absolute Gasteiger partial charge is 0.382 e. The normalized spacial score (nSPS) is 10.1. The lowest BCUT2D eigenvalue weighted by molar-refractivity contribution is 0.618. The van der Waals surface area contributed by atoms with Gasteiger partial charge in [-0.15, -0.1) is 0 Å². The highest BCUT2D eigenvalue weighted by Gasteiger charge is 2.11. The van der Waals surface area contributed by atoms with E-state index >= 15 is 0 Å². The van der Waals surface area contributed by atoms with E-state index in [1.165, 1.54) is 6.07 Å². The Morgan fingerprint density at radius 2 is 2.00 bits per heavy atom. The molecule has 0 saturated carbocycles. The van der Waals surface area contributed by atoms with E-state index in [2.05, 4.69) is 9.97 Å². The highest BCUT2D eigenvalue weighted by Crippen LogP contribution is 2.21. The van der Waals surface area contributed by atoms with E-state index in [0.717, 1.165) is 0 Å². The third-order valence-electron chi connectivity index (χ3n) is 2.65. The molecule has 4 nitrogen and oxygen atoms in total. The molecular weight excluding hydrogens is 231 g/mol. The molecule has 18 heavy (non-hydrogen) atoms. The first-order valence-corrected chi connectivity index (χ1v) is 5.33. The lowest BCUT2D eigenvalue weighted by Gasteiger charge is -2.06. The zero-order valence-electron chi connectivity index (χ0n) is 10.0. The molecule has 2 rings (SSSR count). The van der Waals surface area contributed by atoms with Crippen LogP contribution in [0.15, 0.2) is 18.2 Å². The number of rotatable bonds is 1. The molecule has 0 aliphatic carbocycles. The Morgan fingerprint density at radius 3 is 2.56 bits per heavy atom. The van der Waals surface area contributed by atoms with Crippen LogP contribution in [0.1, 0.15) is 16.8 Å². The first-order valence-electron chi connectivity index (χ1n) is 5.33. The van der Waals surface area contributed by atoms with E-state index in [4.69, 9.17) is 11.0 Å². The first-order chi connectivity index (χ1) is 8.52. The van der Waals surface area contributed by atoms with Crippen LogP contribution in [0.2, 0.25) is 0 Å². The molecule has 5 heteroatoms. The number of nitrogen functional groups attached to an aromatic ring is 1. The minimum Gasteiger partial charge on any atom is -0.382 e. The Bertz CT molecular complexity index is 636. The fourth-order valence-corrected chi connectivity index (χ4v) is 1.65. The van der Waals surface area contributed by atoms with Crippen molar-refractivity contribution in [3.05, 3.63) is 40.8 Å². The molecule has 0 fully saturated rings. The Kier molecular flexibility index (Phi) is 2.94. The van der Waals surface area contributed by atoms with Gasteiger partial charge in [-0.05, 0) is 37.6 Å². The third kappa shape index (κ3) is 2.00. The highest BCUT2D eigenvalue weighted by molar-refractivity contribution is 5.61. The van der Waals surface area contributed by atoms with Crippen molar-refractivity contribution in [2.24, 2.45) is 0 Å². The number of aryl methyl sites for hydroxylation is 2. The highest BCUT2D eigenvalue weighted by atomic mass is 19.1. The van der Waals surface area contributed by atoms with Crippen LogP contribution in [0.25, 0.3) is 11.4 Å². The SMILES string of the molecule is Cc1cc(-c2nc(C)c(C#N)c(N)n2)ccc1F. The summed E-state index contributed by atoms with van der Waals surface area (Å²) in [7, 11) is 0. The summed E-state index contributed by atoms with van der Waals surface area (Å²) in [6.07, 6.45) is 0. The molecule has 2 N–H and O–H groups in total. The molecule has 1 aromatic carbocycles. The van der Waals surface area contributed by atoms with Gasteiger partial charge >= 0.3 is 0 Å². The van der Waals surface area contributed by atoms with Crippen LogP contribution in [0, 0.1) is 31.0 Å². The zero-order chi connectivity index (χ0) is 13.3. The van der Waals surface area contributed by atoms with Crippen LogP contribution in [0.5, 0.6) is 0 Å². The second kappa shape index (κ2) is 4.41. The number of nitriles is 1. The second-order valence-electron chi connectivity index (χ2n) is 3.97. The van der Waals surface area contributed by atoms with Crippen LogP contribution in [0.4, 0.5) is 10.2 Å². The molecule has 0 atom stereocenters.